The molecule has 0 radical (unpaired) electrons. The Balaban J connectivity index is 2.09. The standard InChI is InChI=1S/C23H31N3/c1-5-13-18-14-11-12-17-21(18)26-22(7-3)25(19-15-9-8-10-16-19)20(6-2)23(26)24-4/h6,8-12,14-15,17,19,22H,5,7,13,16H2,1-4H3. The number of hydrogen-bond acceptors (Lipinski definition) is 2. The summed E-state index contributed by atoms with van der Waals surface area (Å²) in [4.78, 5) is 9.76. The number of aryl methyl sites for hydroxylation is 1. The number of nitrogens with zero attached hydrogens (tertiary/aromatic N) is 3. The first-order chi connectivity index (χ1) is 12.8. The van der Waals surface area contributed by atoms with Crippen molar-refractivity contribution in [1.29, 1.82) is 0 Å². The van der Waals surface area contributed by atoms with Crippen LogP contribution in [0.1, 0.15) is 45.6 Å². The van der Waals surface area contributed by atoms with Crippen molar-refractivity contribution in [2.75, 3.05) is 11.9 Å². The number of rotatable bonds is 5. The minimum Gasteiger partial charge on any atom is -0.341 e. The van der Waals surface area contributed by atoms with E-state index in [4.69, 9.17) is 4.99 Å². The maximum Gasteiger partial charge on any atom is 0.153 e. The van der Waals surface area contributed by atoms with Gasteiger partial charge >= 0.3 is 0 Å². The van der Waals surface area contributed by atoms with Crippen molar-refractivity contribution in [3.05, 3.63) is 65.9 Å². The molecule has 2 unspecified atom stereocenters. The normalized spacial score (nSPS) is 25.7. The van der Waals surface area contributed by atoms with E-state index in [0.29, 0.717) is 12.2 Å². The number of hydrogen-bond donors (Lipinski definition) is 0. The van der Waals surface area contributed by atoms with Crippen molar-refractivity contribution in [3.8, 4) is 0 Å². The predicted octanol–water partition coefficient (Wildman–Crippen LogP) is 5.31. The maximum absolute atomic E-state index is 4.73. The Morgan fingerprint density at radius 2 is 2.00 bits per heavy atom. The summed E-state index contributed by atoms with van der Waals surface area (Å²) in [6, 6.07) is 9.20. The second-order valence-electron chi connectivity index (χ2n) is 6.88. The minimum atomic E-state index is 0.291. The van der Waals surface area contributed by atoms with E-state index in [9.17, 15) is 0 Å². The zero-order valence-corrected chi connectivity index (χ0v) is 16.5. The fourth-order valence-corrected chi connectivity index (χ4v) is 4.22. The van der Waals surface area contributed by atoms with Gasteiger partial charge in [-0.2, -0.15) is 0 Å². The zero-order valence-electron chi connectivity index (χ0n) is 16.5. The lowest BCUT2D eigenvalue weighted by Crippen LogP contribution is -2.43. The van der Waals surface area contributed by atoms with Gasteiger partial charge in [0.05, 0.1) is 11.7 Å². The third-order valence-corrected chi connectivity index (χ3v) is 5.29. The highest BCUT2D eigenvalue weighted by Crippen LogP contribution is 2.38. The number of aliphatic imine (C=N–C) groups is 1. The maximum atomic E-state index is 4.73. The minimum absolute atomic E-state index is 0.291. The van der Waals surface area contributed by atoms with Gasteiger partial charge in [-0.05, 0) is 37.8 Å². The Morgan fingerprint density at radius 1 is 1.19 bits per heavy atom. The van der Waals surface area contributed by atoms with Gasteiger partial charge in [-0.15, -0.1) is 0 Å². The molecule has 1 aliphatic heterocycles. The molecule has 0 amide bonds. The molecule has 1 aliphatic carbocycles. The van der Waals surface area contributed by atoms with E-state index >= 15 is 0 Å². The van der Waals surface area contributed by atoms with Gasteiger partial charge in [-0.1, -0.05) is 68.8 Å². The molecule has 0 aromatic heterocycles. The molecular formula is C23H31N3. The first-order valence-corrected chi connectivity index (χ1v) is 9.89. The molecule has 1 heterocycles. The molecule has 3 nitrogen and oxygen atoms in total. The van der Waals surface area contributed by atoms with Gasteiger partial charge in [0.25, 0.3) is 0 Å². The number of anilines is 1. The van der Waals surface area contributed by atoms with Crippen molar-refractivity contribution in [1.82, 2.24) is 4.90 Å². The fraction of sp³-hybridized carbons (Fsp3) is 0.435. The number of benzene rings is 1. The van der Waals surface area contributed by atoms with E-state index in [2.05, 4.69) is 85.2 Å². The second-order valence-corrected chi connectivity index (χ2v) is 6.88. The predicted molar refractivity (Wildman–Crippen MR) is 113 cm³/mol. The first-order valence-electron chi connectivity index (χ1n) is 9.89. The van der Waals surface area contributed by atoms with Crippen LogP contribution in [0.4, 0.5) is 5.69 Å². The quantitative estimate of drug-likeness (QED) is 0.717. The molecule has 1 aromatic carbocycles. The lowest BCUT2D eigenvalue weighted by molar-refractivity contribution is 0.243. The molecule has 3 rings (SSSR count). The Morgan fingerprint density at radius 3 is 2.62 bits per heavy atom. The lowest BCUT2D eigenvalue weighted by atomic mass is 10.0. The van der Waals surface area contributed by atoms with Crippen LogP contribution in [0.5, 0.6) is 0 Å². The summed E-state index contributed by atoms with van der Waals surface area (Å²) in [6.07, 6.45) is 15.8. The summed E-state index contributed by atoms with van der Waals surface area (Å²) in [5, 5.41) is 0. The average molecular weight is 350 g/mol. The van der Waals surface area contributed by atoms with Crippen molar-refractivity contribution < 1.29 is 0 Å². The molecule has 26 heavy (non-hydrogen) atoms. The van der Waals surface area contributed by atoms with E-state index in [-0.39, 0.29) is 0 Å². The van der Waals surface area contributed by atoms with E-state index in [1.165, 1.54) is 16.9 Å². The number of amidine groups is 1. The van der Waals surface area contributed by atoms with Gasteiger partial charge in [0.2, 0.25) is 0 Å². The third kappa shape index (κ3) is 3.23. The van der Waals surface area contributed by atoms with Gasteiger partial charge in [0.1, 0.15) is 6.17 Å². The smallest absolute Gasteiger partial charge is 0.153 e. The summed E-state index contributed by atoms with van der Waals surface area (Å²) < 4.78 is 0. The zero-order chi connectivity index (χ0) is 18.5. The summed E-state index contributed by atoms with van der Waals surface area (Å²) in [5.41, 5.74) is 3.96. The second kappa shape index (κ2) is 8.39. The van der Waals surface area contributed by atoms with Crippen LogP contribution < -0.4 is 4.90 Å². The molecule has 3 heteroatoms. The van der Waals surface area contributed by atoms with E-state index in [1.807, 2.05) is 7.05 Å². The SMILES string of the molecule is CC=C1C(=NC)N(c2ccccc2CCC)C(CC)N1C1C=CC=CC1. The largest absolute Gasteiger partial charge is 0.341 e. The topological polar surface area (TPSA) is 18.8 Å². The third-order valence-electron chi connectivity index (χ3n) is 5.29. The summed E-state index contributed by atoms with van der Waals surface area (Å²) in [6.45, 7) is 6.65. The summed E-state index contributed by atoms with van der Waals surface area (Å²) in [5.74, 6) is 1.09. The van der Waals surface area contributed by atoms with Crippen LogP contribution in [-0.2, 0) is 6.42 Å². The summed E-state index contributed by atoms with van der Waals surface area (Å²) in [7, 11) is 1.92. The van der Waals surface area contributed by atoms with Gasteiger partial charge in [-0.3, -0.25) is 4.99 Å². The van der Waals surface area contributed by atoms with Crippen molar-refractivity contribution >= 4 is 11.5 Å². The first kappa shape index (κ1) is 18.5. The fourth-order valence-electron chi connectivity index (χ4n) is 4.22. The Bertz CT molecular complexity index is 742. The molecule has 0 N–H and O–H groups in total. The molecule has 1 saturated heterocycles. The Labute approximate surface area is 158 Å². The summed E-state index contributed by atoms with van der Waals surface area (Å²) >= 11 is 0. The van der Waals surface area contributed by atoms with Gasteiger partial charge in [0, 0.05) is 12.7 Å². The van der Waals surface area contributed by atoms with Crippen LogP contribution >= 0.6 is 0 Å². The van der Waals surface area contributed by atoms with Crippen LogP contribution in [-0.4, -0.2) is 30.0 Å². The van der Waals surface area contributed by atoms with E-state index < -0.39 is 0 Å². The average Bonchev–Trinajstić information content (AvgIpc) is 3.02. The van der Waals surface area contributed by atoms with Crippen LogP contribution in [0.15, 0.2) is 65.3 Å². The molecule has 1 fully saturated rings. The monoisotopic (exact) mass is 349 g/mol. The molecule has 2 atom stereocenters. The van der Waals surface area contributed by atoms with Crippen LogP contribution in [0.2, 0.25) is 0 Å². The van der Waals surface area contributed by atoms with Crippen LogP contribution in [0, 0.1) is 0 Å². The van der Waals surface area contributed by atoms with E-state index in [1.54, 1.807) is 0 Å². The van der Waals surface area contributed by atoms with Crippen molar-refractivity contribution in [2.24, 2.45) is 4.99 Å². The van der Waals surface area contributed by atoms with Crippen LogP contribution in [0.25, 0.3) is 0 Å². The van der Waals surface area contributed by atoms with Gasteiger partial charge in [-0.25, -0.2) is 0 Å². The number of para-hydroxylation sites is 1. The van der Waals surface area contributed by atoms with Gasteiger partial charge in [0.15, 0.2) is 5.84 Å². The molecule has 0 saturated carbocycles. The molecule has 0 spiro atoms. The van der Waals surface area contributed by atoms with E-state index in [0.717, 1.165) is 31.5 Å². The van der Waals surface area contributed by atoms with Gasteiger partial charge < -0.3 is 9.80 Å². The number of allylic oxidation sites excluding steroid dienone is 3. The highest BCUT2D eigenvalue weighted by Gasteiger charge is 2.42. The Kier molecular flexibility index (Phi) is 5.97. The highest BCUT2D eigenvalue weighted by molar-refractivity contribution is 6.12. The molecule has 0 bridgehead atoms. The molecule has 1 aromatic rings. The highest BCUT2D eigenvalue weighted by atomic mass is 15.5. The molecular weight excluding hydrogens is 318 g/mol. The van der Waals surface area contributed by atoms with Crippen molar-refractivity contribution in [3.63, 3.8) is 0 Å². The lowest BCUT2D eigenvalue weighted by Gasteiger charge is -2.36. The Hall–Kier alpha value is -2.29. The van der Waals surface area contributed by atoms with Crippen LogP contribution in [0.3, 0.4) is 0 Å². The molecule has 138 valence electrons. The molecule has 2 aliphatic rings. The van der Waals surface area contributed by atoms with Crippen molar-refractivity contribution in [2.45, 2.75) is 58.7 Å².